The minimum absolute atomic E-state index is 0.279. The highest BCUT2D eigenvalue weighted by molar-refractivity contribution is 5.94. The van der Waals surface area contributed by atoms with Crippen LogP contribution in [0.1, 0.15) is 60.3 Å². The van der Waals surface area contributed by atoms with Crippen molar-refractivity contribution in [1.82, 2.24) is 16.0 Å². The average Bonchev–Trinajstić information content (AvgIpc) is 2.75. The first-order valence-corrected chi connectivity index (χ1v) is 11.1. The third-order valence-corrected chi connectivity index (χ3v) is 5.67. The van der Waals surface area contributed by atoms with E-state index in [9.17, 15) is 34.2 Å². The number of carbonyl (C=O) groups excluding carboxylic acids is 3. The number of nitrogens with two attached hydrogens (primary N) is 1. The molecule has 0 saturated heterocycles. The lowest BCUT2D eigenvalue weighted by Gasteiger charge is -2.29. The van der Waals surface area contributed by atoms with Crippen molar-refractivity contribution in [3.8, 4) is 0 Å². The highest BCUT2D eigenvalue weighted by Gasteiger charge is 2.34. The summed E-state index contributed by atoms with van der Waals surface area (Å²) in [6.45, 7) is 8.23. The van der Waals surface area contributed by atoms with Crippen molar-refractivity contribution in [2.75, 3.05) is 0 Å². The van der Waals surface area contributed by atoms with Gasteiger partial charge in [0.15, 0.2) is 0 Å². The van der Waals surface area contributed by atoms with Gasteiger partial charge in [-0.05, 0) is 25.2 Å². The minimum Gasteiger partial charge on any atom is -0.481 e. The molecule has 7 unspecified atom stereocenters. The summed E-state index contributed by atoms with van der Waals surface area (Å²) in [5.41, 5.74) is 5.58. The summed E-state index contributed by atoms with van der Waals surface area (Å²) in [6.07, 6.45) is -0.959. The molecule has 0 spiro atoms. The number of hydrogen-bond acceptors (Lipinski definition) is 7. The second-order valence-electron chi connectivity index (χ2n) is 8.34. The summed E-state index contributed by atoms with van der Waals surface area (Å²) in [5.74, 6) is -5.53. The molecule has 0 saturated carbocycles. The lowest BCUT2D eigenvalue weighted by atomic mass is 9.95. The molecule has 0 aromatic heterocycles. The first-order valence-electron chi connectivity index (χ1n) is 11.1. The molecule has 0 aromatic carbocycles. The van der Waals surface area contributed by atoms with Gasteiger partial charge in [0.2, 0.25) is 17.7 Å². The molecule has 0 aliphatic carbocycles. The van der Waals surface area contributed by atoms with Crippen molar-refractivity contribution in [1.29, 1.82) is 0 Å². The summed E-state index contributed by atoms with van der Waals surface area (Å²) < 4.78 is 0. The zero-order valence-corrected chi connectivity index (χ0v) is 19.8. The molecule has 190 valence electrons. The van der Waals surface area contributed by atoms with Gasteiger partial charge in [-0.3, -0.25) is 19.2 Å². The minimum atomic E-state index is -1.34. The number of carboxylic acid groups (broad SMARTS) is 2. The summed E-state index contributed by atoms with van der Waals surface area (Å²) >= 11 is 0. The van der Waals surface area contributed by atoms with Gasteiger partial charge in [-0.25, -0.2) is 4.79 Å². The smallest absolute Gasteiger partial charge is 0.326 e. The molecule has 7 atom stereocenters. The maximum Gasteiger partial charge on any atom is 0.326 e. The van der Waals surface area contributed by atoms with Crippen LogP contribution in [0.2, 0.25) is 0 Å². The van der Waals surface area contributed by atoms with Crippen molar-refractivity contribution in [2.45, 2.75) is 90.6 Å². The Morgan fingerprint density at radius 1 is 0.788 bits per heavy atom. The Labute approximate surface area is 193 Å². The summed E-state index contributed by atoms with van der Waals surface area (Å²) in [5, 5.41) is 35.2. The number of carboxylic acids is 2. The summed E-state index contributed by atoms with van der Waals surface area (Å²) in [4.78, 5) is 60.6. The third kappa shape index (κ3) is 10.2. The third-order valence-electron chi connectivity index (χ3n) is 5.67. The van der Waals surface area contributed by atoms with E-state index in [-0.39, 0.29) is 12.3 Å². The zero-order valence-electron chi connectivity index (χ0n) is 19.8. The molecule has 0 rings (SSSR count). The summed E-state index contributed by atoms with van der Waals surface area (Å²) in [7, 11) is 0. The van der Waals surface area contributed by atoms with E-state index in [0.29, 0.717) is 12.8 Å². The van der Waals surface area contributed by atoms with E-state index in [1.807, 2.05) is 0 Å². The van der Waals surface area contributed by atoms with Crippen LogP contribution >= 0.6 is 0 Å². The van der Waals surface area contributed by atoms with E-state index < -0.39 is 72.3 Å². The van der Waals surface area contributed by atoms with E-state index in [1.54, 1.807) is 27.7 Å². The highest BCUT2D eigenvalue weighted by Crippen LogP contribution is 2.13. The first kappa shape index (κ1) is 30.3. The molecular formula is C21H38N4O8. The molecule has 33 heavy (non-hydrogen) atoms. The Morgan fingerprint density at radius 2 is 1.27 bits per heavy atom. The monoisotopic (exact) mass is 474 g/mol. The Kier molecular flexibility index (Phi) is 13.2. The number of nitrogens with one attached hydrogen (secondary N) is 3. The lowest BCUT2D eigenvalue weighted by Crippen LogP contribution is -2.59. The van der Waals surface area contributed by atoms with Crippen molar-refractivity contribution in [3.05, 3.63) is 0 Å². The first-order chi connectivity index (χ1) is 15.3. The molecule has 0 aliphatic heterocycles. The molecule has 0 heterocycles. The number of carbonyl (C=O) groups is 5. The zero-order chi connectivity index (χ0) is 25.9. The van der Waals surface area contributed by atoms with Gasteiger partial charge in [0.05, 0.1) is 6.10 Å². The van der Waals surface area contributed by atoms with Crippen LogP contribution in [0.5, 0.6) is 0 Å². The van der Waals surface area contributed by atoms with Crippen LogP contribution in [0.25, 0.3) is 0 Å². The van der Waals surface area contributed by atoms with Crippen LogP contribution in [0, 0.1) is 11.8 Å². The van der Waals surface area contributed by atoms with Crippen molar-refractivity contribution in [2.24, 2.45) is 17.6 Å². The van der Waals surface area contributed by atoms with Crippen LogP contribution in [0.3, 0.4) is 0 Å². The van der Waals surface area contributed by atoms with Gasteiger partial charge in [0.1, 0.15) is 24.2 Å². The fourth-order valence-electron chi connectivity index (χ4n) is 2.91. The quantitative estimate of drug-likeness (QED) is 0.158. The molecule has 8 N–H and O–H groups in total. The Morgan fingerprint density at radius 3 is 1.70 bits per heavy atom. The van der Waals surface area contributed by atoms with Crippen molar-refractivity contribution in [3.63, 3.8) is 0 Å². The van der Waals surface area contributed by atoms with Crippen LogP contribution in [-0.2, 0) is 24.0 Å². The molecule has 12 heteroatoms. The SMILES string of the molecule is CCC(C)C(NC(=O)C(NC(=O)C(CCC(=O)O)NC(=O)C(N)C(C)O)C(C)CC)C(=O)O. The second-order valence-corrected chi connectivity index (χ2v) is 8.34. The second kappa shape index (κ2) is 14.4. The van der Waals surface area contributed by atoms with Crippen LogP contribution in [-0.4, -0.2) is 75.3 Å². The standard InChI is InChI=1S/C21H38N4O8/c1-6-10(3)16(20(31)25-17(21(32)33)11(4)7-2)24-18(29)13(8-9-14(27)28)23-19(30)15(22)12(5)26/h10-13,15-17,26H,6-9,22H2,1-5H3,(H,23,30)(H,24,29)(H,25,31)(H,27,28)(H,32,33). The van der Waals surface area contributed by atoms with Gasteiger partial charge in [-0.15, -0.1) is 0 Å². The van der Waals surface area contributed by atoms with Gasteiger partial charge in [0, 0.05) is 6.42 Å². The van der Waals surface area contributed by atoms with Gasteiger partial charge in [-0.1, -0.05) is 40.5 Å². The van der Waals surface area contributed by atoms with E-state index in [2.05, 4.69) is 16.0 Å². The maximum absolute atomic E-state index is 12.9. The molecule has 0 fully saturated rings. The van der Waals surface area contributed by atoms with Gasteiger partial charge < -0.3 is 37.0 Å². The normalized spacial score (nSPS) is 17.4. The predicted molar refractivity (Wildman–Crippen MR) is 119 cm³/mol. The number of aliphatic hydroxyl groups excluding tert-OH is 1. The fourth-order valence-corrected chi connectivity index (χ4v) is 2.91. The maximum atomic E-state index is 12.9. The van der Waals surface area contributed by atoms with Crippen LogP contribution in [0.15, 0.2) is 0 Å². The molecule has 0 aliphatic rings. The topological polar surface area (TPSA) is 208 Å². The fraction of sp³-hybridized carbons (Fsp3) is 0.762. The van der Waals surface area contributed by atoms with Gasteiger partial charge in [-0.2, -0.15) is 0 Å². The van der Waals surface area contributed by atoms with E-state index in [0.717, 1.165) is 0 Å². The van der Waals surface area contributed by atoms with Crippen molar-refractivity contribution < 1.29 is 39.3 Å². The van der Waals surface area contributed by atoms with Crippen molar-refractivity contribution >= 4 is 29.7 Å². The molecular weight excluding hydrogens is 436 g/mol. The van der Waals surface area contributed by atoms with E-state index in [4.69, 9.17) is 10.8 Å². The number of amides is 3. The largest absolute Gasteiger partial charge is 0.481 e. The van der Waals surface area contributed by atoms with Gasteiger partial charge in [0.25, 0.3) is 0 Å². The van der Waals surface area contributed by atoms with E-state index in [1.165, 1.54) is 6.92 Å². The number of hydrogen-bond donors (Lipinski definition) is 7. The Balaban J connectivity index is 5.67. The van der Waals surface area contributed by atoms with Crippen LogP contribution < -0.4 is 21.7 Å². The Bertz CT molecular complexity index is 700. The number of rotatable bonds is 15. The Hall–Kier alpha value is -2.73. The average molecular weight is 475 g/mol. The number of aliphatic carboxylic acids is 2. The van der Waals surface area contributed by atoms with Crippen LogP contribution in [0.4, 0.5) is 0 Å². The predicted octanol–water partition coefficient (Wildman–Crippen LogP) is -0.809. The molecule has 3 amide bonds. The lowest BCUT2D eigenvalue weighted by molar-refractivity contribution is -0.144. The summed E-state index contributed by atoms with van der Waals surface area (Å²) in [6, 6.07) is -4.95. The molecule has 12 nitrogen and oxygen atoms in total. The number of aliphatic hydroxyl groups is 1. The highest BCUT2D eigenvalue weighted by atomic mass is 16.4. The van der Waals surface area contributed by atoms with Gasteiger partial charge >= 0.3 is 11.9 Å². The van der Waals surface area contributed by atoms with E-state index >= 15 is 0 Å². The molecule has 0 aromatic rings. The molecule has 0 bridgehead atoms. The molecule has 0 radical (unpaired) electrons.